The van der Waals surface area contributed by atoms with Crippen molar-refractivity contribution in [3.8, 4) is 11.9 Å². The van der Waals surface area contributed by atoms with Crippen molar-refractivity contribution >= 4 is 33.4 Å². The first-order chi connectivity index (χ1) is 14.4. The summed E-state index contributed by atoms with van der Waals surface area (Å²) in [4.78, 5) is 18.7. The van der Waals surface area contributed by atoms with Gasteiger partial charge in [-0.05, 0) is 48.4 Å². The lowest BCUT2D eigenvalue weighted by Crippen LogP contribution is -2.26. The first-order valence-electron chi connectivity index (χ1n) is 9.42. The molecule has 1 N–H and O–H groups in total. The van der Waals surface area contributed by atoms with Crippen LogP contribution in [-0.2, 0) is 6.42 Å². The molecule has 3 aromatic rings. The van der Waals surface area contributed by atoms with Crippen molar-refractivity contribution < 1.29 is 5.11 Å². The Morgan fingerprint density at radius 3 is 2.70 bits per heavy atom. The fraction of sp³-hybridized carbons (Fsp3) is 0.174. The van der Waals surface area contributed by atoms with Crippen LogP contribution in [-0.4, -0.2) is 14.7 Å². The van der Waals surface area contributed by atoms with Crippen LogP contribution in [0.2, 0.25) is 0 Å². The Labute approximate surface area is 187 Å². The third-order valence-corrected chi connectivity index (χ3v) is 6.07. The zero-order valence-corrected chi connectivity index (χ0v) is 18.8. The maximum atomic E-state index is 13.4. The van der Waals surface area contributed by atoms with Crippen LogP contribution in [0.15, 0.2) is 74.2 Å². The van der Waals surface area contributed by atoms with E-state index >= 15 is 0 Å². The summed E-state index contributed by atoms with van der Waals surface area (Å²) < 4.78 is 2.37. The van der Waals surface area contributed by atoms with Crippen LogP contribution < -0.4 is 5.56 Å². The summed E-state index contributed by atoms with van der Waals surface area (Å²) in [6, 6.07) is 16.5. The minimum Gasteiger partial charge on any atom is -0.492 e. The summed E-state index contributed by atoms with van der Waals surface area (Å²) >= 11 is 4.55. The van der Waals surface area contributed by atoms with E-state index in [1.165, 1.54) is 4.57 Å². The molecule has 7 heteroatoms. The van der Waals surface area contributed by atoms with Gasteiger partial charge in [0, 0.05) is 15.8 Å². The Morgan fingerprint density at radius 2 is 2.03 bits per heavy atom. The predicted octanol–water partition coefficient (Wildman–Crippen LogP) is 5.60. The minimum absolute atomic E-state index is 0.134. The zero-order valence-electron chi connectivity index (χ0n) is 16.4. The monoisotopic (exact) mass is 481 g/mol. The van der Waals surface area contributed by atoms with Crippen molar-refractivity contribution in [1.82, 2.24) is 9.55 Å². The maximum absolute atomic E-state index is 13.4. The molecule has 0 fully saturated rings. The molecular weight excluding hydrogens is 462 g/mol. The lowest BCUT2D eigenvalue weighted by atomic mass is 10.1. The predicted molar refractivity (Wildman–Crippen MR) is 123 cm³/mol. The fourth-order valence-electron chi connectivity index (χ4n) is 2.93. The number of nitrogens with zero attached hydrogens (tertiary/aromatic N) is 3. The quantitative estimate of drug-likeness (QED) is 0.475. The number of unbranched alkanes of at least 4 members (excludes halogenated alkanes) is 1. The second-order valence-corrected chi connectivity index (χ2v) is 8.62. The summed E-state index contributed by atoms with van der Waals surface area (Å²) in [6.07, 6.45) is 2.26. The van der Waals surface area contributed by atoms with Crippen molar-refractivity contribution in [3.63, 3.8) is 0 Å². The van der Waals surface area contributed by atoms with Crippen LogP contribution in [0.25, 0.3) is 5.70 Å². The summed E-state index contributed by atoms with van der Waals surface area (Å²) in [7, 11) is 0. The molecule has 0 aliphatic heterocycles. The van der Waals surface area contributed by atoms with Crippen LogP contribution >= 0.6 is 27.7 Å². The van der Waals surface area contributed by atoms with E-state index in [0.717, 1.165) is 34.0 Å². The fourth-order valence-corrected chi connectivity index (χ4v) is 4.01. The average Bonchev–Trinajstić information content (AvgIpc) is 2.76. The molecule has 0 saturated heterocycles. The molecule has 5 nitrogen and oxygen atoms in total. The first-order valence-corrected chi connectivity index (χ1v) is 11.0. The third-order valence-electron chi connectivity index (χ3n) is 4.48. The van der Waals surface area contributed by atoms with Crippen LogP contribution in [0.5, 0.6) is 5.88 Å². The highest BCUT2D eigenvalue weighted by Gasteiger charge is 2.20. The van der Waals surface area contributed by atoms with Gasteiger partial charge in [-0.25, -0.2) is 0 Å². The second-order valence-electron chi connectivity index (χ2n) is 6.62. The Kier molecular flexibility index (Phi) is 7.14. The third kappa shape index (κ3) is 4.84. The number of hydrogen-bond donors (Lipinski definition) is 1. The van der Waals surface area contributed by atoms with E-state index in [9.17, 15) is 15.2 Å². The number of rotatable bonds is 7. The molecule has 0 bridgehead atoms. The van der Waals surface area contributed by atoms with E-state index in [1.54, 1.807) is 24.3 Å². The van der Waals surface area contributed by atoms with Crippen molar-refractivity contribution in [3.05, 3.63) is 86.9 Å². The second kappa shape index (κ2) is 9.79. The van der Waals surface area contributed by atoms with Crippen LogP contribution in [0.4, 0.5) is 0 Å². The van der Waals surface area contributed by atoms with E-state index < -0.39 is 0 Å². The highest BCUT2D eigenvalue weighted by atomic mass is 79.9. The molecule has 1 heterocycles. The lowest BCUT2D eigenvalue weighted by molar-refractivity contribution is 0.428. The molecule has 0 unspecified atom stereocenters. The van der Waals surface area contributed by atoms with Gasteiger partial charge in [-0.15, -0.1) is 0 Å². The van der Waals surface area contributed by atoms with E-state index in [2.05, 4.69) is 33.6 Å². The van der Waals surface area contributed by atoms with Gasteiger partial charge in [0.1, 0.15) is 10.7 Å². The zero-order chi connectivity index (χ0) is 21.7. The molecule has 0 amide bonds. The number of aromatic nitrogens is 2. The van der Waals surface area contributed by atoms with Gasteiger partial charge >= 0.3 is 0 Å². The molecule has 0 saturated carbocycles. The molecular formula is C23H20BrN3O2S. The summed E-state index contributed by atoms with van der Waals surface area (Å²) in [6.45, 7) is 6.15. The van der Waals surface area contributed by atoms with Crippen LogP contribution in [0.3, 0.4) is 0 Å². The molecule has 0 atom stereocenters. The normalized spacial score (nSPS) is 10.6. The van der Waals surface area contributed by atoms with Crippen molar-refractivity contribution in [1.29, 1.82) is 5.26 Å². The number of halogens is 1. The van der Waals surface area contributed by atoms with Gasteiger partial charge in [0.15, 0.2) is 0 Å². The van der Waals surface area contributed by atoms with Gasteiger partial charge in [0.25, 0.3) is 5.56 Å². The molecule has 0 radical (unpaired) electrons. The van der Waals surface area contributed by atoms with Gasteiger partial charge in [-0.3, -0.25) is 9.36 Å². The molecule has 0 aliphatic rings. The van der Waals surface area contributed by atoms with Gasteiger partial charge < -0.3 is 5.11 Å². The summed E-state index contributed by atoms with van der Waals surface area (Å²) in [5.41, 5.74) is 1.18. The highest BCUT2D eigenvalue weighted by molar-refractivity contribution is 9.10. The van der Waals surface area contributed by atoms with Gasteiger partial charge in [0.05, 0.1) is 17.3 Å². The topological polar surface area (TPSA) is 78.9 Å². The maximum Gasteiger partial charge on any atom is 0.276 e. The van der Waals surface area contributed by atoms with E-state index in [1.807, 2.05) is 31.2 Å². The van der Waals surface area contributed by atoms with Crippen LogP contribution in [0.1, 0.15) is 36.7 Å². The Hall–Kier alpha value is -2.82. The van der Waals surface area contributed by atoms with E-state index in [4.69, 9.17) is 0 Å². The Bertz CT molecular complexity index is 1180. The number of benzene rings is 2. The first kappa shape index (κ1) is 21.9. The van der Waals surface area contributed by atoms with Gasteiger partial charge in [0.2, 0.25) is 5.88 Å². The Morgan fingerprint density at radius 1 is 1.30 bits per heavy atom. The van der Waals surface area contributed by atoms with Crippen molar-refractivity contribution in [2.75, 3.05) is 0 Å². The number of nitriles is 1. The number of aryl methyl sites for hydroxylation is 1. The largest absolute Gasteiger partial charge is 0.492 e. The molecule has 0 spiro atoms. The highest BCUT2D eigenvalue weighted by Crippen LogP contribution is 2.32. The SMILES string of the molecule is C=C(c1cccc(C#N)c1)n1c(CCCC)nc(O)c(Sc2ccc(Br)cc2)c1=O. The minimum atomic E-state index is -0.381. The van der Waals surface area contributed by atoms with Gasteiger partial charge in [-0.1, -0.05) is 59.7 Å². The summed E-state index contributed by atoms with van der Waals surface area (Å²) in [5, 5.41) is 19.7. The molecule has 30 heavy (non-hydrogen) atoms. The van der Waals surface area contributed by atoms with Gasteiger partial charge in [-0.2, -0.15) is 10.2 Å². The van der Waals surface area contributed by atoms with E-state index in [-0.39, 0.29) is 16.3 Å². The Balaban J connectivity index is 2.12. The molecule has 0 aliphatic carbocycles. The molecule has 1 aromatic heterocycles. The summed E-state index contributed by atoms with van der Waals surface area (Å²) in [5.74, 6) is 0.167. The van der Waals surface area contributed by atoms with Crippen molar-refractivity contribution in [2.24, 2.45) is 0 Å². The smallest absolute Gasteiger partial charge is 0.276 e. The number of aromatic hydroxyl groups is 1. The standard InChI is InChI=1S/C23H20BrN3O2S/c1-3-4-8-20-26-22(28)21(30-19-11-9-18(24)10-12-19)23(29)27(20)15(2)17-7-5-6-16(13-17)14-25/h5-7,9-13,28H,2-4,8H2,1H3. The number of hydrogen-bond acceptors (Lipinski definition) is 5. The average molecular weight is 482 g/mol. The molecule has 3 rings (SSSR count). The lowest BCUT2D eigenvalue weighted by Gasteiger charge is -2.17. The molecule has 2 aromatic carbocycles. The van der Waals surface area contributed by atoms with Crippen molar-refractivity contribution in [2.45, 2.75) is 36.0 Å². The molecule has 152 valence electrons. The van der Waals surface area contributed by atoms with Crippen LogP contribution in [0, 0.1) is 11.3 Å². The van der Waals surface area contributed by atoms with E-state index in [0.29, 0.717) is 29.1 Å².